The summed E-state index contributed by atoms with van der Waals surface area (Å²) in [7, 11) is -6.03. The van der Waals surface area contributed by atoms with E-state index in [2.05, 4.69) is 8.92 Å². The molecular formula is C10H11F5O5S. The predicted molar refractivity (Wildman–Crippen MR) is 58.5 cm³/mol. The van der Waals surface area contributed by atoms with Crippen LogP contribution in [0.5, 0.6) is 0 Å². The van der Waals surface area contributed by atoms with Gasteiger partial charge in [0.15, 0.2) is 0 Å². The molecule has 122 valence electrons. The molecule has 0 N–H and O–H groups in total. The number of esters is 1. The van der Waals surface area contributed by atoms with E-state index in [1.807, 2.05) is 0 Å². The van der Waals surface area contributed by atoms with Crippen molar-refractivity contribution in [3.8, 4) is 0 Å². The highest BCUT2D eigenvalue weighted by molar-refractivity contribution is 7.87. The van der Waals surface area contributed by atoms with Crippen LogP contribution in [0.2, 0.25) is 0 Å². The van der Waals surface area contributed by atoms with Gasteiger partial charge in [-0.05, 0) is 6.92 Å². The Bertz CT molecular complexity index is 549. The molecule has 0 radical (unpaired) electrons. The number of allylic oxidation sites excluding steroid dienone is 1. The molecule has 0 saturated carbocycles. The van der Waals surface area contributed by atoms with E-state index in [0.29, 0.717) is 0 Å². The Morgan fingerprint density at radius 2 is 1.90 bits per heavy atom. The largest absolute Gasteiger partial charge is 0.534 e. The number of hydrogen-bond acceptors (Lipinski definition) is 5. The standard InChI is InChI=1S/C10H11F5O5S/c1-2-19-8(16)6-5-9(11,12)4-3-7(6)20-21(17,18)10(13,14)15/h2-5H2,1H3. The molecular weight excluding hydrogens is 327 g/mol. The third-order valence-electron chi connectivity index (χ3n) is 2.51. The zero-order valence-electron chi connectivity index (χ0n) is 10.7. The van der Waals surface area contributed by atoms with Crippen molar-refractivity contribution < 1.29 is 44.1 Å². The monoisotopic (exact) mass is 338 g/mol. The second-order valence-electron chi connectivity index (χ2n) is 4.14. The van der Waals surface area contributed by atoms with E-state index >= 15 is 0 Å². The summed E-state index contributed by atoms with van der Waals surface area (Å²) in [6.07, 6.45) is -3.00. The second kappa shape index (κ2) is 5.78. The van der Waals surface area contributed by atoms with Crippen molar-refractivity contribution in [3.63, 3.8) is 0 Å². The van der Waals surface area contributed by atoms with Crippen LogP contribution in [0.4, 0.5) is 22.0 Å². The van der Waals surface area contributed by atoms with Crippen molar-refractivity contribution in [3.05, 3.63) is 11.3 Å². The number of carbonyl (C=O) groups is 1. The van der Waals surface area contributed by atoms with Crippen LogP contribution in [-0.4, -0.2) is 32.4 Å². The van der Waals surface area contributed by atoms with E-state index in [9.17, 15) is 35.2 Å². The van der Waals surface area contributed by atoms with Crippen LogP contribution in [0.1, 0.15) is 26.2 Å². The summed E-state index contributed by atoms with van der Waals surface area (Å²) in [5.74, 6) is -5.64. The summed E-state index contributed by atoms with van der Waals surface area (Å²) < 4.78 is 93.1. The lowest BCUT2D eigenvalue weighted by molar-refractivity contribution is -0.140. The minimum atomic E-state index is -6.03. The fourth-order valence-corrected chi connectivity index (χ4v) is 2.11. The summed E-state index contributed by atoms with van der Waals surface area (Å²) in [6, 6.07) is 0. The number of rotatable bonds is 4. The van der Waals surface area contributed by atoms with Crippen molar-refractivity contribution in [2.75, 3.05) is 6.61 Å². The van der Waals surface area contributed by atoms with E-state index in [1.54, 1.807) is 0 Å². The van der Waals surface area contributed by atoms with Crippen LogP contribution in [0.15, 0.2) is 11.3 Å². The van der Waals surface area contributed by atoms with Gasteiger partial charge in [-0.15, -0.1) is 0 Å². The lowest BCUT2D eigenvalue weighted by atomic mass is 9.94. The van der Waals surface area contributed by atoms with Crippen LogP contribution < -0.4 is 0 Å². The van der Waals surface area contributed by atoms with Gasteiger partial charge in [-0.25, -0.2) is 13.6 Å². The van der Waals surface area contributed by atoms with Crippen LogP contribution in [-0.2, 0) is 23.8 Å². The van der Waals surface area contributed by atoms with Gasteiger partial charge in [0, 0.05) is 19.3 Å². The molecule has 0 fully saturated rings. The van der Waals surface area contributed by atoms with Crippen LogP contribution in [0.25, 0.3) is 0 Å². The molecule has 0 amide bonds. The number of ether oxygens (including phenoxy) is 1. The highest BCUT2D eigenvalue weighted by Gasteiger charge is 2.50. The van der Waals surface area contributed by atoms with E-state index in [-0.39, 0.29) is 6.61 Å². The third kappa shape index (κ3) is 4.29. The fourth-order valence-electron chi connectivity index (χ4n) is 1.57. The molecule has 0 aliphatic heterocycles. The maximum atomic E-state index is 13.2. The topological polar surface area (TPSA) is 69.7 Å². The van der Waals surface area contributed by atoms with E-state index in [1.165, 1.54) is 6.92 Å². The molecule has 0 aromatic carbocycles. The molecule has 0 spiro atoms. The van der Waals surface area contributed by atoms with Gasteiger partial charge in [0.2, 0.25) is 0 Å². The Morgan fingerprint density at radius 3 is 2.38 bits per heavy atom. The van der Waals surface area contributed by atoms with Gasteiger partial charge in [0.05, 0.1) is 12.2 Å². The first-order valence-corrected chi connectivity index (χ1v) is 7.08. The SMILES string of the molecule is CCOC(=O)C1=C(OS(=O)(=O)C(F)(F)F)CCC(F)(F)C1. The maximum Gasteiger partial charge on any atom is 0.534 e. The molecule has 11 heteroatoms. The highest BCUT2D eigenvalue weighted by atomic mass is 32.2. The van der Waals surface area contributed by atoms with E-state index < -0.39 is 58.1 Å². The summed E-state index contributed by atoms with van der Waals surface area (Å²) >= 11 is 0. The number of halogens is 5. The Morgan fingerprint density at radius 1 is 1.33 bits per heavy atom. The average molecular weight is 338 g/mol. The van der Waals surface area contributed by atoms with Gasteiger partial charge in [-0.2, -0.15) is 21.6 Å². The van der Waals surface area contributed by atoms with Gasteiger partial charge >= 0.3 is 21.6 Å². The van der Waals surface area contributed by atoms with Crippen LogP contribution in [0, 0.1) is 0 Å². The van der Waals surface area contributed by atoms with Gasteiger partial charge in [-0.1, -0.05) is 0 Å². The average Bonchev–Trinajstić information content (AvgIpc) is 2.30. The Kier molecular flexibility index (Phi) is 4.86. The molecule has 1 aliphatic carbocycles. The van der Waals surface area contributed by atoms with E-state index in [4.69, 9.17) is 0 Å². The Balaban J connectivity index is 3.17. The van der Waals surface area contributed by atoms with Crippen LogP contribution >= 0.6 is 0 Å². The first-order chi connectivity index (χ1) is 9.39. The molecule has 0 unspecified atom stereocenters. The number of hydrogen-bond donors (Lipinski definition) is 0. The smallest absolute Gasteiger partial charge is 0.463 e. The zero-order valence-corrected chi connectivity index (χ0v) is 11.5. The first kappa shape index (κ1) is 17.7. The number of carbonyl (C=O) groups excluding carboxylic acids is 1. The lowest BCUT2D eigenvalue weighted by Gasteiger charge is -2.25. The molecule has 0 aromatic heterocycles. The van der Waals surface area contributed by atoms with Gasteiger partial charge < -0.3 is 8.92 Å². The van der Waals surface area contributed by atoms with Crippen molar-refractivity contribution in [2.45, 2.75) is 37.6 Å². The van der Waals surface area contributed by atoms with E-state index in [0.717, 1.165) is 0 Å². The molecule has 0 heterocycles. The van der Waals surface area contributed by atoms with Crippen molar-refractivity contribution in [2.24, 2.45) is 0 Å². The molecule has 0 atom stereocenters. The molecule has 21 heavy (non-hydrogen) atoms. The fraction of sp³-hybridized carbons (Fsp3) is 0.700. The molecule has 0 aromatic rings. The van der Waals surface area contributed by atoms with Crippen molar-refractivity contribution in [1.29, 1.82) is 0 Å². The minimum Gasteiger partial charge on any atom is -0.463 e. The van der Waals surface area contributed by atoms with Crippen molar-refractivity contribution in [1.82, 2.24) is 0 Å². The Labute approximate surface area is 116 Å². The highest BCUT2D eigenvalue weighted by Crippen LogP contribution is 2.39. The molecule has 0 saturated heterocycles. The molecule has 5 nitrogen and oxygen atoms in total. The van der Waals surface area contributed by atoms with Gasteiger partial charge in [0.1, 0.15) is 5.76 Å². The normalized spacial score (nSPS) is 19.3. The summed E-state index contributed by atoms with van der Waals surface area (Å²) in [6.45, 7) is 1.14. The predicted octanol–water partition coefficient (Wildman–Crippen LogP) is 2.49. The third-order valence-corrected chi connectivity index (χ3v) is 3.49. The molecule has 0 bridgehead atoms. The van der Waals surface area contributed by atoms with Crippen LogP contribution in [0.3, 0.4) is 0 Å². The minimum absolute atomic E-state index is 0.215. The quantitative estimate of drug-likeness (QED) is 0.341. The van der Waals surface area contributed by atoms with Crippen molar-refractivity contribution >= 4 is 16.1 Å². The molecule has 1 aliphatic rings. The van der Waals surface area contributed by atoms with Gasteiger partial charge in [0.25, 0.3) is 5.92 Å². The summed E-state index contributed by atoms with van der Waals surface area (Å²) in [5, 5.41) is 0. The summed E-state index contributed by atoms with van der Waals surface area (Å²) in [4.78, 5) is 11.5. The summed E-state index contributed by atoms with van der Waals surface area (Å²) in [5.41, 5.74) is -6.62. The lowest BCUT2D eigenvalue weighted by Crippen LogP contribution is -2.31. The maximum absolute atomic E-state index is 13.2. The second-order valence-corrected chi connectivity index (χ2v) is 5.68. The first-order valence-electron chi connectivity index (χ1n) is 5.67. The number of alkyl halides is 5. The Hall–Kier alpha value is -1.39. The zero-order chi connectivity index (χ0) is 16.5. The van der Waals surface area contributed by atoms with Gasteiger partial charge in [-0.3, -0.25) is 0 Å². The molecule has 1 rings (SSSR count).